The van der Waals surface area contributed by atoms with E-state index in [9.17, 15) is 0 Å². The molecule has 36 heavy (non-hydrogen) atoms. The summed E-state index contributed by atoms with van der Waals surface area (Å²) in [5.41, 5.74) is 13.5. The molecule has 3 aliphatic carbocycles. The van der Waals surface area contributed by atoms with E-state index in [0.29, 0.717) is 0 Å². The maximum Gasteiger partial charge on any atom is 0.118 e. The number of methoxy groups -OCH3 is 2. The molecular formula is C34H26O2. The SMILES string of the molecule is COc1ccc(-c2ccc3c(c2)[C@@H]2c4ccccc4[C@H]3c3cc(-c4ccc(OC)cc4)ccc32)cc1. The van der Waals surface area contributed by atoms with Crippen LogP contribution in [0.5, 0.6) is 11.5 Å². The molecule has 2 bridgehead atoms. The molecule has 5 aromatic carbocycles. The van der Waals surface area contributed by atoms with Crippen molar-refractivity contribution in [3.63, 3.8) is 0 Å². The van der Waals surface area contributed by atoms with Crippen molar-refractivity contribution in [1.29, 1.82) is 0 Å². The van der Waals surface area contributed by atoms with Gasteiger partial charge in [-0.2, -0.15) is 0 Å². The minimum atomic E-state index is 0.249. The van der Waals surface area contributed by atoms with Crippen LogP contribution in [0.1, 0.15) is 45.2 Å². The van der Waals surface area contributed by atoms with E-state index in [1.165, 1.54) is 55.6 Å². The van der Waals surface area contributed by atoms with Crippen molar-refractivity contribution in [1.82, 2.24) is 0 Å². The Bertz CT molecular complexity index is 1470. The molecule has 0 saturated heterocycles. The van der Waals surface area contributed by atoms with Crippen LogP contribution in [0.3, 0.4) is 0 Å². The molecule has 0 fully saturated rings. The van der Waals surface area contributed by atoms with Crippen LogP contribution in [0.4, 0.5) is 0 Å². The Kier molecular flexibility index (Phi) is 4.75. The molecule has 0 spiro atoms. The first-order chi connectivity index (χ1) is 17.7. The summed E-state index contributed by atoms with van der Waals surface area (Å²) in [6, 6.07) is 39.8. The largest absolute Gasteiger partial charge is 0.497 e. The highest BCUT2D eigenvalue weighted by atomic mass is 16.5. The molecule has 2 nitrogen and oxygen atoms in total. The number of rotatable bonds is 4. The lowest BCUT2D eigenvalue weighted by Crippen LogP contribution is -2.27. The highest BCUT2D eigenvalue weighted by Crippen LogP contribution is 2.56. The van der Waals surface area contributed by atoms with Gasteiger partial charge in [-0.15, -0.1) is 0 Å². The summed E-state index contributed by atoms with van der Waals surface area (Å²) >= 11 is 0. The molecule has 0 radical (unpaired) electrons. The van der Waals surface area contributed by atoms with Gasteiger partial charge in [-0.1, -0.05) is 72.8 Å². The fourth-order valence-corrected chi connectivity index (χ4v) is 6.14. The zero-order valence-corrected chi connectivity index (χ0v) is 20.4. The Morgan fingerprint density at radius 1 is 0.389 bits per heavy atom. The van der Waals surface area contributed by atoms with Crippen LogP contribution in [0, 0.1) is 0 Å². The fraction of sp³-hybridized carbons (Fsp3) is 0.118. The van der Waals surface area contributed by atoms with E-state index < -0.39 is 0 Å². The molecule has 174 valence electrons. The van der Waals surface area contributed by atoms with Crippen LogP contribution < -0.4 is 9.47 Å². The van der Waals surface area contributed by atoms with E-state index in [1.54, 1.807) is 14.2 Å². The molecule has 8 rings (SSSR count). The second-order valence-corrected chi connectivity index (χ2v) is 9.64. The summed E-state index contributed by atoms with van der Waals surface area (Å²) in [6.07, 6.45) is 0. The number of benzene rings is 5. The zero-order valence-electron chi connectivity index (χ0n) is 20.4. The molecular weight excluding hydrogens is 440 g/mol. The van der Waals surface area contributed by atoms with Crippen LogP contribution in [0.15, 0.2) is 109 Å². The second kappa shape index (κ2) is 8.13. The van der Waals surface area contributed by atoms with Crippen molar-refractivity contribution in [3.8, 4) is 33.8 Å². The predicted octanol–water partition coefficient (Wildman–Crippen LogP) is 8.03. The molecule has 0 aliphatic heterocycles. The lowest BCUT2D eigenvalue weighted by atomic mass is 9.60. The van der Waals surface area contributed by atoms with Gasteiger partial charge in [0.05, 0.1) is 14.2 Å². The fourth-order valence-electron chi connectivity index (χ4n) is 6.14. The molecule has 0 unspecified atom stereocenters. The van der Waals surface area contributed by atoms with Crippen molar-refractivity contribution in [2.24, 2.45) is 0 Å². The first-order valence-corrected chi connectivity index (χ1v) is 12.4. The molecule has 0 aromatic heterocycles. The Labute approximate surface area is 211 Å². The Morgan fingerprint density at radius 3 is 1.14 bits per heavy atom. The lowest BCUT2D eigenvalue weighted by molar-refractivity contribution is 0.415. The predicted molar refractivity (Wildman–Crippen MR) is 145 cm³/mol. The molecule has 0 saturated carbocycles. The Morgan fingerprint density at radius 2 is 0.750 bits per heavy atom. The van der Waals surface area contributed by atoms with Gasteiger partial charge in [-0.3, -0.25) is 0 Å². The standard InChI is InChI=1S/C34H26O2/c1-35-25-13-7-21(8-14-25)23-11-17-29-31(19-23)33-27-5-3-4-6-28(27)34(29)32-20-24(12-18-30(32)33)22-9-15-26(36-2)16-10-22/h3-20,33-34H,1-2H3/t33-,34-/m1/s1. The van der Waals surface area contributed by atoms with Crippen molar-refractivity contribution in [2.75, 3.05) is 14.2 Å². The first kappa shape index (κ1) is 21.0. The number of ether oxygens (including phenoxy) is 2. The van der Waals surface area contributed by atoms with E-state index in [1.807, 2.05) is 24.3 Å². The van der Waals surface area contributed by atoms with Crippen molar-refractivity contribution < 1.29 is 9.47 Å². The van der Waals surface area contributed by atoms with E-state index in [2.05, 4.69) is 84.9 Å². The monoisotopic (exact) mass is 466 g/mol. The lowest BCUT2D eigenvalue weighted by Gasteiger charge is -2.42. The first-order valence-electron chi connectivity index (χ1n) is 12.4. The van der Waals surface area contributed by atoms with E-state index in [4.69, 9.17) is 9.47 Å². The maximum absolute atomic E-state index is 5.36. The molecule has 5 aromatic rings. The molecule has 2 heteroatoms. The van der Waals surface area contributed by atoms with Gasteiger partial charge in [0.2, 0.25) is 0 Å². The van der Waals surface area contributed by atoms with Crippen molar-refractivity contribution in [3.05, 3.63) is 143 Å². The summed E-state index contributed by atoms with van der Waals surface area (Å²) in [7, 11) is 3.42. The quantitative estimate of drug-likeness (QED) is 0.261. The van der Waals surface area contributed by atoms with Crippen LogP contribution in [0.2, 0.25) is 0 Å². The minimum Gasteiger partial charge on any atom is -0.497 e. The van der Waals surface area contributed by atoms with E-state index in [-0.39, 0.29) is 11.8 Å². The molecule has 0 heterocycles. The Hall–Kier alpha value is -4.30. The highest BCUT2D eigenvalue weighted by Gasteiger charge is 2.41. The zero-order chi connectivity index (χ0) is 24.2. The van der Waals surface area contributed by atoms with Gasteiger partial charge in [0.1, 0.15) is 11.5 Å². The van der Waals surface area contributed by atoms with Crippen LogP contribution in [-0.4, -0.2) is 14.2 Å². The summed E-state index contributed by atoms with van der Waals surface area (Å²) in [5, 5.41) is 0. The van der Waals surface area contributed by atoms with Crippen LogP contribution in [0.25, 0.3) is 22.3 Å². The van der Waals surface area contributed by atoms with Crippen molar-refractivity contribution >= 4 is 0 Å². The highest BCUT2D eigenvalue weighted by molar-refractivity contribution is 5.76. The van der Waals surface area contributed by atoms with E-state index in [0.717, 1.165) is 11.5 Å². The third-order valence-corrected chi connectivity index (χ3v) is 7.88. The topological polar surface area (TPSA) is 18.5 Å². The molecule has 0 N–H and O–H groups in total. The Balaban J connectivity index is 1.37. The second-order valence-electron chi connectivity index (χ2n) is 9.64. The average Bonchev–Trinajstić information content (AvgIpc) is 2.96. The van der Waals surface area contributed by atoms with Gasteiger partial charge >= 0.3 is 0 Å². The van der Waals surface area contributed by atoms with Gasteiger partial charge in [-0.05, 0) is 92.0 Å². The number of hydrogen-bond acceptors (Lipinski definition) is 2. The summed E-state index contributed by atoms with van der Waals surface area (Å²) in [5.74, 6) is 2.26. The van der Waals surface area contributed by atoms with Gasteiger partial charge in [0, 0.05) is 11.8 Å². The summed E-state index contributed by atoms with van der Waals surface area (Å²) in [6.45, 7) is 0. The van der Waals surface area contributed by atoms with Gasteiger partial charge in [-0.25, -0.2) is 0 Å². The van der Waals surface area contributed by atoms with Gasteiger partial charge in [0.25, 0.3) is 0 Å². The third-order valence-electron chi connectivity index (χ3n) is 7.88. The summed E-state index contributed by atoms with van der Waals surface area (Å²) < 4.78 is 10.7. The van der Waals surface area contributed by atoms with E-state index >= 15 is 0 Å². The average molecular weight is 467 g/mol. The minimum absolute atomic E-state index is 0.249. The van der Waals surface area contributed by atoms with Crippen molar-refractivity contribution in [2.45, 2.75) is 11.8 Å². The normalized spacial score (nSPS) is 16.6. The molecule has 0 amide bonds. The smallest absolute Gasteiger partial charge is 0.118 e. The molecule has 3 aliphatic rings. The van der Waals surface area contributed by atoms with Gasteiger partial charge < -0.3 is 9.47 Å². The third kappa shape index (κ3) is 3.11. The molecule has 2 atom stereocenters. The van der Waals surface area contributed by atoms with Crippen LogP contribution >= 0.6 is 0 Å². The number of hydrogen-bond donors (Lipinski definition) is 0. The summed E-state index contributed by atoms with van der Waals surface area (Å²) in [4.78, 5) is 0. The maximum atomic E-state index is 5.36. The van der Waals surface area contributed by atoms with Crippen LogP contribution in [-0.2, 0) is 0 Å². The van der Waals surface area contributed by atoms with Gasteiger partial charge in [0.15, 0.2) is 0 Å².